The average molecular weight is 397 g/mol. The molecule has 0 bridgehead atoms. The third-order valence-corrected chi connectivity index (χ3v) is 6.80. The van der Waals surface area contributed by atoms with Crippen molar-refractivity contribution in [2.75, 3.05) is 10.8 Å². The maximum Gasteiger partial charge on any atom is 0.266 e. The topological polar surface area (TPSA) is 83.1 Å². The van der Waals surface area contributed by atoms with Crippen molar-refractivity contribution in [3.63, 3.8) is 0 Å². The zero-order chi connectivity index (χ0) is 18.9. The number of aromatic amines is 1. The van der Waals surface area contributed by atoms with Gasteiger partial charge in [0, 0.05) is 34.2 Å². The summed E-state index contributed by atoms with van der Waals surface area (Å²) in [5, 5.41) is 2.70. The summed E-state index contributed by atoms with van der Waals surface area (Å²) in [5.41, 5.74) is 1.28. The van der Waals surface area contributed by atoms with Crippen molar-refractivity contribution in [3.05, 3.63) is 77.9 Å². The van der Waals surface area contributed by atoms with Crippen LogP contribution in [0.2, 0.25) is 0 Å². The molecule has 0 saturated carbocycles. The molecule has 0 fully saturated rings. The van der Waals surface area contributed by atoms with Gasteiger partial charge in [-0.1, -0.05) is 36.4 Å². The van der Waals surface area contributed by atoms with Gasteiger partial charge in [0.2, 0.25) is 0 Å². The number of hydrogen-bond acceptors (Lipinski definition) is 5. The van der Waals surface area contributed by atoms with Crippen molar-refractivity contribution in [2.24, 2.45) is 0 Å². The van der Waals surface area contributed by atoms with Crippen molar-refractivity contribution in [2.45, 2.75) is 4.90 Å². The number of nitrogens with zero attached hydrogens (tertiary/aromatic N) is 2. The third-order valence-electron chi connectivity index (χ3n) is 4.14. The zero-order valence-electron chi connectivity index (χ0n) is 14.1. The van der Waals surface area contributed by atoms with E-state index in [0.29, 0.717) is 5.56 Å². The van der Waals surface area contributed by atoms with E-state index in [1.165, 1.54) is 29.7 Å². The lowest BCUT2D eigenvalue weighted by atomic mass is 10.1. The molecule has 0 atom stereocenters. The van der Waals surface area contributed by atoms with E-state index in [1.54, 1.807) is 29.8 Å². The first-order chi connectivity index (χ1) is 13.1. The van der Waals surface area contributed by atoms with Crippen LogP contribution in [0.25, 0.3) is 10.9 Å². The Morgan fingerprint density at radius 2 is 1.81 bits per heavy atom. The minimum absolute atomic E-state index is 0.118. The number of rotatable bonds is 6. The lowest BCUT2D eigenvalue weighted by molar-refractivity contribution is 0.100. The summed E-state index contributed by atoms with van der Waals surface area (Å²) >= 11 is 1.17. The summed E-state index contributed by atoms with van der Waals surface area (Å²) in [6.45, 7) is -0.327. The summed E-state index contributed by atoms with van der Waals surface area (Å²) < 4.78 is 27.3. The second-order valence-electron chi connectivity index (χ2n) is 5.81. The second-order valence-corrected chi connectivity index (χ2v) is 8.55. The first-order valence-corrected chi connectivity index (χ1v) is 10.5. The van der Waals surface area contributed by atoms with Gasteiger partial charge in [-0.25, -0.2) is 17.7 Å². The highest BCUT2D eigenvalue weighted by Gasteiger charge is 2.29. The Bertz CT molecular complexity index is 1180. The van der Waals surface area contributed by atoms with Gasteiger partial charge in [0.25, 0.3) is 10.0 Å². The number of Topliss-reactive ketones (excluding diaryl/α,β-unsaturated/α-hetero) is 1. The summed E-state index contributed by atoms with van der Waals surface area (Å²) in [7, 11) is -3.91. The molecule has 0 saturated heterocycles. The highest BCUT2D eigenvalue weighted by Crippen LogP contribution is 2.27. The van der Waals surface area contributed by atoms with Gasteiger partial charge >= 0.3 is 0 Å². The van der Waals surface area contributed by atoms with Crippen LogP contribution >= 0.6 is 11.3 Å². The van der Waals surface area contributed by atoms with Crippen LogP contribution in [0.4, 0.5) is 5.13 Å². The van der Waals surface area contributed by atoms with Crippen molar-refractivity contribution in [1.82, 2.24) is 9.97 Å². The van der Waals surface area contributed by atoms with Crippen molar-refractivity contribution in [3.8, 4) is 0 Å². The molecule has 4 aromatic rings. The van der Waals surface area contributed by atoms with Gasteiger partial charge in [-0.15, -0.1) is 11.3 Å². The Labute approximate surface area is 160 Å². The van der Waals surface area contributed by atoms with E-state index in [4.69, 9.17) is 0 Å². The Hall–Kier alpha value is -2.97. The molecule has 6 nitrogen and oxygen atoms in total. The lowest BCUT2D eigenvalue weighted by Crippen LogP contribution is -2.35. The van der Waals surface area contributed by atoms with Crippen LogP contribution in [-0.2, 0) is 10.0 Å². The van der Waals surface area contributed by atoms with Crippen LogP contribution in [0, 0.1) is 0 Å². The highest BCUT2D eigenvalue weighted by molar-refractivity contribution is 7.93. The number of ketones is 1. The van der Waals surface area contributed by atoms with Crippen LogP contribution in [0.3, 0.4) is 0 Å². The number of sulfonamides is 1. The van der Waals surface area contributed by atoms with Gasteiger partial charge < -0.3 is 4.98 Å². The van der Waals surface area contributed by atoms with E-state index in [1.807, 2.05) is 24.3 Å². The summed E-state index contributed by atoms with van der Waals surface area (Å²) in [6.07, 6.45) is 3.13. The Balaban J connectivity index is 1.74. The number of benzene rings is 2. The number of H-pyrrole nitrogens is 1. The smallest absolute Gasteiger partial charge is 0.266 e. The first-order valence-electron chi connectivity index (χ1n) is 8.14. The Morgan fingerprint density at radius 1 is 1.07 bits per heavy atom. The van der Waals surface area contributed by atoms with Crippen LogP contribution in [-0.4, -0.2) is 30.7 Å². The molecule has 27 heavy (non-hydrogen) atoms. The fourth-order valence-electron chi connectivity index (χ4n) is 2.83. The summed E-state index contributed by atoms with van der Waals surface area (Å²) in [5.74, 6) is -0.304. The number of carbonyl (C=O) groups is 1. The van der Waals surface area contributed by atoms with Crippen LogP contribution in [0.1, 0.15) is 10.4 Å². The fraction of sp³-hybridized carbons (Fsp3) is 0.0526. The molecule has 0 unspecified atom stereocenters. The Morgan fingerprint density at radius 3 is 2.56 bits per heavy atom. The molecule has 2 aromatic carbocycles. The SMILES string of the molecule is O=C(CN(c1nccs1)S(=O)(=O)c1ccccc1)c1c[nH]c2ccccc12. The van der Waals surface area contributed by atoms with Gasteiger partial charge in [0.05, 0.1) is 4.90 Å². The molecule has 0 aliphatic rings. The van der Waals surface area contributed by atoms with Gasteiger partial charge in [-0.05, 0) is 18.2 Å². The predicted octanol–water partition coefficient (Wildman–Crippen LogP) is 3.70. The van der Waals surface area contributed by atoms with Crippen LogP contribution in [0.5, 0.6) is 0 Å². The minimum atomic E-state index is -3.91. The van der Waals surface area contributed by atoms with Gasteiger partial charge in [-0.2, -0.15) is 0 Å². The zero-order valence-corrected chi connectivity index (χ0v) is 15.7. The second kappa shape index (κ2) is 6.98. The molecule has 0 aliphatic heterocycles. The number of thiazole rings is 1. The first kappa shape index (κ1) is 17.4. The molecule has 4 rings (SSSR count). The quantitative estimate of drug-likeness (QED) is 0.503. The number of aromatic nitrogens is 2. The van der Waals surface area contributed by atoms with E-state index in [9.17, 15) is 13.2 Å². The molecular weight excluding hydrogens is 382 g/mol. The average Bonchev–Trinajstić information content (AvgIpc) is 3.36. The van der Waals surface area contributed by atoms with E-state index in [-0.39, 0.29) is 22.4 Å². The molecule has 1 N–H and O–H groups in total. The number of carbonyl (C=O) groups excluding carboxylic acids is 1. The van der Waals surface area contributed by atoms with Crippen molar-refractivity contribution in [1.29, 1.82) is 0 Å². The number of fused-ring (bicyclic) bond motifs is 1. The number of para-hydroxylation sites is 1. The van der Waals surface area contributed by atoms with E-state index in [2.05, 4.69) is 9.97 Å². The Kier molecular flexibility index (Phi) is 4.51. The number of anilines is 1. The van der Waals surface area contributed by atoms with Gasteiger partial charge in [-0.3, -0.25) is 4.79 Å². The van der Waals surface area contributed by atoms with E-state index in [0.717, 1.165) is 15.2 Å². The molecule has 0 aliphatic carbocycles. The standard InChI is InChI=1S/C19H15N3O3S2/c23-18(16-12-21-17-9-5-4-8-15(16)17)13-22(19-20-10-11-26-19)27(24,25)14-6-2-1-3-7-14/h1-12,21H,13H2. The molecular formula is C19H15N3O3S2. The monoisotopic (exact) mass is 397 g/mol. The molecule has 0 spiro atoms. The number of nitrogens with one attached hydrogen (secondary N) is 1. The highest BCUT2D eigenvalue weighted by atomic mass is 32.2. The summed E-state index contributed by atoms with van der Waals surface area (Å²) in [6, 6.07) is 15.5. The molecule has 8 heteroatoms. The maximum atomic E-state index is 13.1. The lowest BCUT2D eigenvalue weighted by Gasteiger charge is -2.21. The normalized spacial score (nSPS) is 11.6. The maximum absolute atomic E-state index is 13.1. The van der Waals surface area contributed by atoms with Crippen LogP contribution in [0.15, 0.2) is 77.3 Å². The van der Waals surface area contributed by atoms with Gasteiger partial charge in [0.1, 0.15) is 6.54 Å². The van der Waals surface area contributed by atoms with Crippen molar-refractivity contribution < 1.29 is 13.2 Å². The van der Waals surface area contributed by atoms with Crippen LogP contribution < -0.4 is 4.31 Å². The fourth-order valence-corrected chi connectivity index (χ4v) is 5.10. The molecule has 0 amide bonds. The molecule has 136 valence electrons. The van der Waals surface area contributed by atoms with Crippen molar-refractivity contribution >= 4 is 43.2 Å². The minimum Gasteiger partial charge on any atom is -0.360 e. The largest absolute Gasteiger partial charge is 0.360 e. The molecule has 0 radical (unpaired) electrons. The number of hydrogen-bond donors (Lipinski definition) is 1. The summed E-state index contributed by atoms with van der Waals surface area (Å²) in [4.78, 5) is 20.2. The molecule has 2 aromatic heterocycles. The van der Waals surface area contributed by atoms with E-state index >= 15 is 0 Å². The molecule has 2 heterocycles. The van der Waals surface area contributed by atoms with Gasteiger partial charge in [0.15, 0.2) is 10.9 Å². The third kappa shape index (κ3) is 3.24. The predicted molar refractivity (Wildman–Crippen MR) is 106 cm³/mol. The van der Waals surface area contributed by atoms with E-state index < -0.39 is 10.0 Å².